The molecule has 1 unspecified atom stereocenters. The highest BCUT2D eigenvalue weighted by Gasteiger charge is 2.21. The fourth-order valence-corrected chi connectivity index (χ4v) is 4.66. The Hall–Kier alpha value is -0.850. The van der Waals surface area contributed by atoms with Crippen LogP contribution in [0.1, 0.15) is 17.0 Å². The van der Waals surface area contributed by atoms with E-state index in [0.717, 1.165) is 23.0 Å². The van der Waals surface area contributed by atoms with Gasteiger partial charge in [0.15, 0.2) is 5.82 Å². The van der Waals surface area contributed by atoms with Gasteiger partial charge in [-0.1, -0.05) is 22.8 Å². The summed E-state index contributed by atoms with van der Waals surface area (Å²) < 4.78 is 5.29. The van der Waals surface area contributed by atoms with Crippen LogP contribution >= 0.6 is 35.1 Å². The SMILES string of the molecule is Clc1cccc(NCc2nc(C3CSCCS3)no2)c1. The summed E-state index contributed by atoms with van der Waals surface area (Å²) in [5.74, 6) is 4.84. The summed E-state index contributed by atoms with van der Waals surface area (Å²) in [7, 11) is 0. The molecule has 0 spiro atoms. The molecule has 20 heavy (non-hydrogen) atoms. The van der Waals surface area contributed by atoms with Gasteiger partial charge >= 0.3 is 0 Å². The second-order valence-corrected chi connectivity index (χ2v) is 7.24. The number of anilines is 1. The van der Waals surface area contributed by atoms with Crippen LogP contribution in [-0.4, -0.2) is 27.4 Å². The van der Waals surface area contributed by atoms with Gasteiger partial charge in [-0.25, -0.2) is 0 Å². The van der Waals surface area contributed by atoms with Gasteiger partial charge in [-0.05, 0) is 18.2 Å². The lowest BCUT2D eigenvalue weighted by atomic mass is 10.3. The number of benzene rings is 1. The van der Waals surface area contributed by atoms with E-state index in [0.29, 0.717) is 22.7 Å². The van der Waals surface area contributed by atoms with Crippen LogP contribution in [0.4, 0.5) is 5.69 Å². The Labute approximate surface area is 131 Å². The molecule has 106 valence electrons. The first-order chi connectivity index (χ1) is 9.81. The Morgan fingerprint density at radius 2 is 2.35 bits per heavy atom. The number of nitrogens with one attached hydrogen (secondary N) is 1. The van der Waals surface area contributed by atoms with E-state index in [1.807, 2.05) is 47.8 Å². The molecule has 2 heterocycles. The van der Waals surface area contributed by atoms with Gasteiger partial charge in [0.25, 0.3) is 0 Å². The Bertz CT molecular complexity index is 572. The zero-order valence-electron chi connectivity index (χ0n) is 10.7. The van der Waals surface area contributed by atoms with Crippen molar-refractivity contribution >= 4 is 40.8 Å². The highest BCUT2D eigenvalue weighted by Crippen LogP contribution is 2.35. The fraction of sp³-hybridized carbons (Fsp3) is 0.385. The Kier molecular flexibility index (Phi) is 4.75. The van der Waals surface area contributed by atoms with Crippen LogP contribution in [0.3, 0.4) is 0 Å². The number of rotatable bonds is 4. The van der Waals surface area contributed by atoms with Crippen molar-refractivity contribution in [3.05, 3.63) is 41.0 Å². The number of hydrogen-bond donors (Lipinski definition) is 1. The van der Waals surface area contributed by atoms with Crippen LogP contribution in [0.25, 0.3) is 0 Å². The number of hydrogen-bond acceptors (Lipinski definition) is 6. The van der Waals surface area contributed by atoms with Gasteiger partial charge in [0.1, 0.15) is 0 Å². The Morgan fingerprint density at radius 1 is 1.40 bits per heavy atom. The van der Waals surface area contributed by atoms with Gasteiger partial charge in [0, 0.05) is 28.0 Å². The molecule has 1 atom stereocenters. The van der Waals surface area contributed by atoms with E-state index < -0.39 is 0 Å². The third-order valence-electron chi connectivity index (χ3n) is 2.86. The first-order valence-electron chi connectivity index (χ1n) is 6.32. The van der Waals surface area contributed by atoms with Crippen LogP contribution in [-0.2, 0) is 6.54 Å². The van der Waals surface area contributed by atoms with E-state index in [9.17, 15) is 0 Å². The molecular formula is C13H14ClN3OS2. The smallest absolute Gasteiger partial charge is 0.245 e. The van der Waals surface area contributed by atoms with Crippen LogP contribution in [0.2, 0.25) is 5.02 Å². The second-order valence-electron chi connectivity index (χ2n) is 4.34. The van der Waals surface area contributed by atoms with Crippen LogP contribution in [0.5, 0.6) is 0 Å². The minimum Gasteiger partial charge on any atom is -0.376 e. The Balaban J connectivity index is 1.59. The van der Waals surface area contributed by atoms with Crippen molar-refractivity contribution in [2.24, 2.45) is 0 Å². The molecule has 4 nitrogen and oxygen atoms in total. The molecule has 2 aromatic rings. The maximum absolute atomic E-state index is 5.94. The third kappa shape index (κ3) is 3.62. The van der Waals surface area contributed by atoms with Gasteiger partial charge in [-0.15, -0.1) is 11.8 Å². The second kappa shape index (κ2) is 6.74. The molecule has 1 saturated heterocycles. The molecule has 0 amide bonds. The lowest BCUT2D eigenvalue weighted by Gasteiger charge is -2.16. The minimum atomic E-state index is 0.359. The van der Waals surface area contributed by atoms with Crippen molar-refractivity contribution in [1.29, 1.82) is 0 Å². The number of thioether (sulfide) groups is 2. The monoisotopic (exact) mass is 327 g/mol. The molecule has 1 aromatic carbocycles. The minimum absolute atomic E-state index is 0.359. The van der Waals surface area contributed by atoms with E-state index in [2.05, 4.69) is 15.5 Å². The molecule has 0 aliphatic carbocycles. The lowest BCUT2D eigenvalue weighted by Crippen LogP contribution is -2.08. The molecule has 0 bridgehead atoms. The average Bonchev–Trinajstić information content (AvgIpc) is 2.95. The summed E-state index contributed by atoms with van der Waals surface area (Å²) >= 11 is 9.78. The van der Waals surface area contributed by atoms with Crippen molar-refractivity contribution in [2.45, 2.75) is 11.8 Å². The highest BCUT2D eigenvalue weighted by molar-refractivity contribution is 8.06. The van der Waals surface area contributed by atoms with Gasteiger partial charge in [0.2, 0.25) is 5.89 Å². The molecule has 1 N–H and O–H groups in total. The van der Waals surface area contributed by atoms with Crippen molar-refractivity contribution in [2.75, 3.05) is 22.6 Å². The first-order valence-corrected chi connectivity index (χ1v) is 8.91. The van der Waals surface area contributed by atoms with E-state index in [-0.39, 0.29) is 0 Å². The van der Waals surface area contributed by atoms with Crippen molar-refractivity contribution < 1.29 is 4.52 Å². The predicted octanol–water partition coefficient (Wildman–Crippen LogP) is 3.86. The molecule has 1 aliphatic heterocycles. The lowest BCUT2D eigenvalue weighted by molar-refractivity contribution is 0.378. The van der Waals surface area contributed by atoms with Gasteiger partial charge in [0.05, 0.1) is 11.8 Å². The molecule has 0 radical (unpaired) electrons. The largest absolute Gasteiger partial charge is 0.376 e. The molecule has 1 aliphatic rings. The maximum atomic E-state index is 5.94. The summed E-state index contributed by atoms with van der Waals surface area (Å²) in [6, 6.07) is 7.57. The predicted molar refractivity (Wildman–Crippen MR) is 85.6 cm³/mol. The maximum Gasteiger partial charge on any atom is 0.245 e. The summed E-state index contributed by atoms with van der Waals surface area (Å²) in [5, 5.41) is 8.37. The average molecular weight is 328 g/mol. The van der Waals surface area contributed by atoms with E-state index in [4.69, 9.17) is 16.1 Å². The van der Waals surface area contributed by atoms with Crippen molar-refractivity contribution in [3.63, 3.8) is 0 Å². The summed E-state index contributed by atoms with van der Waals surface area (Å²) in [6.07, 6.45) is 0. The standard InChI is InChI=1S/C13H14ClN3OS2/c14-9-2-1-3-10(6-9)15-7-12-16-13(17-18-12)11-8-19-4-5-20-11/h1-3,6,11,15H,4-5,7-8H2. The molecule has 1 fully saturated rings. The molecule has 0 saturated carbocycles. The first kappa shape index (κ1) is 14.1. The Morgan fingerprint density at radius 3 is 3.15 bits per heavy atom. The number of aromatic nitrogens is 2. The van der Waals surface area contributed by atoms with E-state index in [1.54, 1.807) is 0 Å². The zero-order chi connectivity index (χ0) is 13.8. The topological polar surface area (TPSA) is 51.0 Å². The molecule has 3 rings (SSSR count). The van der Waals surface area contributed by atoms with Crippen LogP contribution in [0, 0.1) is 0 Å². The summed E-state index contributed by atoms with van der Waals surface area (Å²) in [4.78, 5) is 4.46. The van der Waals surface area contributed by atoms with Crippen molar-refractivity contribution in [3.8, 4) is 0 Å². The van der Waals surface area contributed by atoms with E-state index >= 15 is 0 Å². The van der Waals surface area contributed by atoms with Crippen LogP contribution in [0.15, 0.2) is 28.8 Å². The normalized spacial score (nSPS) is 18.9. The van der Waals surface area contributed by atoms with Gasteiger partial charge in [-0.3, -0.25) is 0 Å². The quantitative estimate of drug-likeness (QED) is 0.920. The summed E-state index contributed by atoms with van der Waals surface area (Å²) in [6.45, 7) is 0.512. The van der Waals surface area contributed by atoms with Crippen LogP contribution < -0.4 is 5.32 Å². The molecular weight excluding hydrogens is 314 g/mol. The van der Waals surface area contributed by atoms with Crippen molar-refractivity contribution in [1.82, 2.24) is 10.1 Å². The molecule has 1 aromatic heterocycles. The van der Waals surface area contributed by atoms with Gasteiger partial charge in [-0.2, -0.15) is 16.7 Å². The number of nitrogens with zero attached hydrogens (tertiary/aromatic N) is 2. The summed E-state index contributed by atoms with van der Waals surface area (Å²) in [5.41, 5.74) is 0.944. The van der Waals surface area contributed by atoms with Gasteiger partial charge < -0.3 is 9.84 Å². The third-order valence-corrected chi connectivity index (χ3v) is 5.84. The number of halogens is 1. The molecule has 7 heteroatoms. The fourth-order valence-electron chi connectivity index (χ4n) is 1.88. The van der Waals surface area contributed by atoms with E-state index in [1.165, 1.54) is 5.75 Å². The highest BCUT2D eigenvalue weighted by atomic mass is 35.5. The zero-order valence-corrected chi connectivity index (χ0v) is 13.1.